The second kappa shape index (κ2) is 44.0. The van der Waals surface area contributed by atoms with Crippen LogP contribution >= 0.6 is 0 Å². The van der Waals surface area contributed by atoms with Crippen LogP contribution in [0.3, 0.4) is 0 Å². The summed E-state index contributed by atoms with van der Waals surface area (Å²) in [6, 6.07) is 0. The first-order valence-electron chi connectivity index (χ1n) is 25.2. The summed E-state index contributed by atoms with van der Waals surface area (Å²) in [5, 5.41) is 0. The van der Waals surface area contributed by atoms with Crippen molar-refractivity contribution in [2.75, 3.05) is 13.2 Å². The highest BCUT2D eigenvalue weighted by molar-refractivity contribution is 5.71. The quantitative estimate of drug-likeness (QED) is 0.0346. The molecule has 0 rings (SSSR count). The SMILES string of the molecule is CCCCCCCCCCCCCCCCCCCCC(=O)OC[C@H](COC(=O)CCCCCCCCCCCC(C)C)OC(=O)CCCCCCCCC(C)C. The topological polar surface area (TPSA) is 78.9 Å². The average Bonchev–Trinajstić information content (AvgIpc) is 3.18. The van der Waals surface area contributed by atoms with Gasteiger partial charge < -0.3 is 14.2 Å². The number of hydrogen-bond acceptors (Lipinski definition) is 6. The summed E-state index contributed by atoms with van der Waals surface area (Å²) in [5.74, 6) is 0.710. The highest BCUT2D eigenvalue weighted by atomic mass is 16.6. The van der Waals surface area contributed by atoms with Crippen LogP contribution in [0.25, 0.3) is 0 Å². The molecule has 0 unspecified atom stereocenters. The zero-order chi connectivity index (χ0) is 41.9. The molecule has 6 heteroatoms. The van der Waals surface area contributed by atoms with Crippen LogP contribution in [-0.4, -0.2) is 37.2 Å². The van der Waals surface area contributed by atoms with Crippen molar-refractivity contribution < 1.29 is 28.6 Å². The van der Waals surface area contributed by atoms with Crippen molar-refractivity contribution in [3.63, 3.8) is 0 Å². The summed E-state index contributed by atoms with van der Waals surface area (Å²) < 4.78 is 16.8. The van der Waals surface area contributed by atoms with Gasteiger partial charge in [0.05, 0.1) is 0 Å². The van der Waals surface area contributed by atoms with E-state index in [2.05, 4.69) is 34.6 Å². The molecular weight excluding hydrogens is 709 g/mol. The Labute approximate surface area is 355 Å². The van der Waals surface area contributed by atoms with Gasteiger partial charge in [-0.1, -0.05) is 240 Å². The summed E-state index contributed by atoms with van der Waals surface area (Å²) in [7, 11) is 0. The molecule has 0 spiro atoms. The van der Waals surface area contributed by atoms with E-state index in [-0.39, 0.29) is 31.1 Å². The standard InChI is InChI=1S/C51H98O6/c1-6-7-8-9-10-11-12-13-14-15-16-17-18-19-22-25-31-36-41-49(52)55-44-48(57-51(54)43-38-33-28-27-30-35-40-47(4)5)45-56-50(53)42-37-32-26-23-20-21-24-29-34-39-46(2)3/h46-48H,6-45H2,1-5H3/t48-/m1/s1. The Morgan fingerprint density at radius 3 is 0.860 bits per heavy atom. The third kappa shape index (κ3) is 45.3. The molecule has 57 heavy (non-hydrogen) atoms. The van der Waals surface area contributed by atoms with Gasteiger partial charge in [-0.05, 0) is 31.1 Å². The number of esters is 3. The van der Waals surface area contributed by atoms with Crippen LogP contribution in [0, 0.1) is 11.8 Å². The first-order chi connectivity index (χ1) is 27.7. The number of carbonyl (C=O) groups is 3. The monoisotopic (exact) mass is 807 g/mol. The van der Waals surface area contributed by atoms with Gasteiger partial charge in [-0.2, -0.15) is 0 Å². The minimum Gasteiger partial charge on any atom is -0.462 e. The molecule has 0 saturated carbocycles. The number of rotatable bonds is 45. The van der Waals surface area contributed by atoms with Gasteiger partial charge in [-0.25, -0.2) is 0 Å². The van der Waals surface area contributed by atoms with Gasteiger partial charge in [0.2, 0.25) is 0 Å². The fourth-order valence-electron chi connectivity index (χ4n) is 7.64. The molecule has 0 aromatic rings. The highest BCUT2D eigenvalue weighted by Crippen LogP contribution is 2.17. The van der Waals surface area contributed by atoms with Gasteiger partial charge >= 0.3 is 17.9 Å². The van der Waals surface area contributed by atoms with Crippen molar-refractivity contribution in [2.24, 2.45) is 11.8 Å². The molecule has 0 amide bonds. The third-order valence-corrected chi connectivity index (χ3v) is 11.5. The largest absolute Gasteiger partial charge is 0.462 e. The van der Waals surface area contributed by atoms with E-state index in [9.17, 15) is 14.4 Å². The van der Waals surface area contributed by atoms with Gasteiger partial charge in [-0.15, -0.1) is 0 Å². The predicted octanol–water partition coefficient (Wildman–Crippen LogP) is 16.1. The summed E-state index contributed by atoms with van der Waals surface area (Å²) in [6.45, 7) is 11.3. The molecule has 0 aliphatic rings. The summed E-state index contributed by atoms with van der Waals surface area (Å²) in [5.41, 5.74) is 0. The molecule has 0 N–H and O–H groups in total. The Balaban J connectivity index is 4.22. The Morgan fingerprint density at radius 2 is 0.579 bits per heavy atom. The molecular formula is C51H98O6. The van der Waals surface area contributed by atoms with Crippen LogP contribution in [0.4, 0.5) is 0 Å². The Hall–Kier alpha value is -1.59. The van der Waals surface area contributed by atoms with Gasteiger partial charge in [0.1, 0.15) is 13.2 Å². The number of carbonyl (C=O) groups excluding carboxylic acids is 3. The van der Waals surface area contributed by atoms with Crippen molar-refractivity contribution in [2.45, 2.75) is 285 Å². The van der Waals surface area contributed by atoms with Gasteiger partial charge in [0.25, 0.3) is 0 Å². The molecule has 338 valence electrons. The Kier molecular flexibility index (Phi) is 42.7. The van der Waals surface area contributed by atoms with Crippen LogP contribution in [0.15, 0.2) is 0 Å². The lowest BCUT2D eigenvalue weighted by molar-refractivity contribution is -0.167. The number of hydrogen-bond donors (Lipinski definition) is 0. The van der Waals surface area contributed by atoms with Crippen molar-refractivity contribution >= 4 is 17.9 Å². The zero-order valence-electron chi connectivity index (χ0n) is 39.0. The maximum absolute atomic E-state index is 12.7. The molecule has 0 aliphatic carbocycles. The molecule has 0 radical (unpaired) electrons. The first-order valence-corrected chi connectivity index (χ1v) is 25.2. The molecule has 0 heterocycles. The van der Waals surface area contributed by atoms with Crippen molar-refractivity contribution in [3.8, 4) is 0 Å². The third-order valence-electron chi connectivity index (χ3n) is 11.5. The minimum absolute atomic E-state index is 0.0653. The van der Waals surface area contributed by atoms with E-state index >= 15 is 0 Å². The normalized spacial score (nSPS) is 12.1. The molecule has 6 nitrogen and oxygen atoms in total. The zero-order valence-corrected chi connectivity index (χ0v) is 39.0. The number of unbranched alkanes of at least 4 members (excludes halogenated alkanes) is 30. The second-order valence-electron chi connectivity index (χ2n) is 18.4. The highest BCUT2D eigenvalue weighted by Gasteiger charge is 2.19. The Bertz CT molecular complexity index is 870. The lowest BCUT2D eigenvalue weighted by Gasteiger charge is -2.18. The molecule has 0 bridgehead atoms. The fraction of sp³-hybridized carbons (Fsp3) is 0.941. The maximum Gasteiger partial charge on any atom is 0.306 e. The average molecular weight is 807 g/mol. The maximum atomic E-state index is 12.7. The lowest BCUT2D eigenvalue weighted by atomic mass is 10.0. The van der Waals surface area contributed by atoms with Crippen molar-refractivity contribution in [1.82, 2.24) is 0 Å². The van der Waals surface area contributed by atoms with E-state index in [0.29, 0.717) is 19.3 Å². The van der Waals surface area contributed by atoms with Crippen LogP contribution in [0.1, 0.15) is 279 Å². The lowest BCUT2D eigenvalue weighted by Crippen LogP contribution is -2.30. The van der Waals surface area contributed by atoms with Crippen LogP contribution in [-0.2, 0) is 28.6 Å². The first kappa shape index (κ1) is 55.4. The van der Waals surface area contributed by atoms with Crippen molar-refractivity contribution in [3.05, 3.63) is 0 Å². The molecule has 0 fully saturated rings. The second-order valence-corrected chi connectivity index (χ2v) is 18.4. The van der Waals surface area contributed by atoms with E-state index in [4.69, 9.17) is 14.2 Å². The Morgan fingerprint density at radius 1 is 0.333 bits per heavy atom. The fourth-order valence-corrected chi connectivity index (χ4v) is 7.64. The van der Waals surface area contributed by atoms with E-state index in [1.807, 2.05) is 0 Å². The van der Waals surface area contributed by atoms with Gasteiger partial charge in [-0.3, -0.25) is 14.4 Å². The predicted molar refractivity (Wildman–Crippen MR) is 243 cm³/mol. The smallest absolute Gasteiger partial charge is 0.306 e. The van der Waals surface area contributed by atoms with E-state index in [0.717, 1.165) is 69.6 Å². The van der Waals surface area contributed by atoms with Crippen LogP contribution < -0.4 is 0 Å². The van der Waals surface area contributed by atoms with Crippen molar-refractivity contribution in [1.29, 1.82) is 0 Å². The molecule has 0 aliphatic heterocycles. The molecule has 0 saturated heterocycles. The van der Waals surface area contributed by atoms with Gasteiger partial charge in [0.15, 0.2) is 6.10 Å². The van der Waals surface area contributed by atoms with Crippen LogP contribution in [0.5, 0.6) is 0 Å². The number of ether oxygens (including phenoxy) is 3. The summed E-state index contributed by atoms with van der Waals surface area (Å²) >= 11 is 0. The summed E-state index contributed by atoms with van der Waals surface area (Å²) in [6.07, 6.45) is 44.0. The van der Waals surface area contributed by atoms with Gasteiger partial charge in [0, 0.05) is 19.3 Å². The summed E-state index contributed by atoms with van der Waals surface area (Å²) in [4.78, 5) is 37.8. The minimum atomic E-state index is -0.762. The van der Waals surface area contributed by atoms with E-state index in [1.54, 1.807) is 0 Å². The molecule has 0 aromatic heterocycles. The molecule has 0 aromatic carbocycles. The van der Waals surface area contributed by atoms with Crippen LogP contribution in [0.2, 0.25) is 0 Å². The van der Waals surface area contributed by atoms with E-state index < -0.39 is 6.10 Å². The van der Waals surface area contributed by atoms with E-state index in [1.165, 1.54) is 167 Å². The molecule has 1 atom stereocenters.